The fourth-order valence-electron chi connectivity index (χ4n) is 2.81. The molecule has 1 aliphatic heterocycles. The molecule has 0 saturated carbocycles. The van der Waals surface area contributed by atoms with E-state index < -0.39 is 6.10 Å². The Morgan fingerprint density at radius 3 is 3.10 bits per heavy atom. The number of pyridine rings is 2. The lowest BCUT2D eigenvalue weighted by molar-refractivity contribution is 0.00981. The van der Waals surface area contributed by atoms with Crippen LogP contribution in [0.25, 0.3) is 22.0 Å². The molecule has 0 aliphatic carbocycles. The molecule has 0 radical (unpaired) electrons. The van der Waals surface area contributed by atoms with Gasteiger partial charge in [-0.15, -0.1) is 0 Å². The highest BCUT2D eigenvalue weighted by molar-refractivity contribution is 5.85. The third-order valence-electron chi connectivity index (χ3n) is 3.89. The Labute approximate surface area is 122 Å². The molecule has 4 heteroatoms. The summed E-state index contributed by atoms with van der Waals surface area (Å²) in [5.41, 5.74) is 4.93. The number of aliphatic hydroxyl groups is 1. The SMILES string of the molecule is OC1COCc2c(-c3ccc4ncccc4c3)cncc21. The van der Waals surface area contributed by atoms with Gasteiger partial charge in [0, 0.05) is 35.1 Å². The Hall–Kier alpha value is -2.30. The molecule has 4 nitrogen and oxygen atoms in total. The number of aromatic nitrogens is 2. The molecule has 4 rings (SSSR count). The Kier molecular flexibility index (Phi) is 2.91. The minimum atomic E-state index is -0.594. The maximum absolute atomic E-state index is 10.0. The average molecular weight is 278 g/mol. The third kappa shape index (κ3) is 2.09. The molecule has 3 heterocycles. The smallest absolute Gasteiger partial charge is 0.104 e. The number of hydrogen-bond acceptors (Lipinski definition) is 4. The van der Waals surface area contributed by atoms with Crippen LogP contribution in [0, 0.1) is 0 Å². The van der Waals surface area contributed by atoms with E-state index in [1.54, 1.807) is 12.4 Å². The predicted octanol–water partition coefficient (Wildman–Crippen LogP) is 2.86. The van der Waals surface area contributed by atoms with E-state index in [1.165, 1.54) is 0 Å². The van der Waals surface area contributed by atoms with E-state index in [2.05, 4.69) is 16.0 Å². The lowest BCUT2D eigenvalue weighted by atomic mass is 9.94. The largest absolute Gasteiger partial charge is 0.386 e. The van der Waals surface area contributed by atoms with E-state index in [0.717, 1.165) is 33.2 Å². The summed E-state index contributed by atoms with van der Waals surface area (Å²) in [6, 6.07) is 10.1. The zero-order valence-electron chi connectivity index (χ0n) is 11.4. The summed E-state index contributed by atoms with van der Waals surface area (Å²) in [5.74, 6) is 0. The molecule has 104 valence electrons. The molecule has 21 heavy (non-hydrogen) atoms. The van der Waals surface area contributed by atoms with Crippen LogP contribution in [-0.4, -0.2) is 21.7 Å². The second kappa shape index (κ2) is 4.91. The number of fused-ring (bicyclic) bond motifs is 2. The zero-order chi connectivity index (χ0) is 14.2. The van der Waals surface area contributed by atoms with Crippen LogP contribution < -0.4 is 0 Å². The van der Waals surface area contributed by atoms with Gasteiger partial charge in [0.25, 0.3) is 0 Å². The Balaban J connectivity index is 1.90. The minimum absolute atomic E-state index is 0.333. The second-order valence-electron chi connectivity index (χ2n) is 5.20. The molecule has 1 unspecified atom stereocenters. The van der Waals surface area contributed by atoms with Crippen LogP contribution >= 0.6 is 0 Å². The summed E-state index contributed by atoms with van der Waals surface area (Å²) in [6.07, 6.45) is 4.76. The Morgan fingerprint density at radius 2 is 2.14 bits per heavy atom. The maximum atomic E-state index is 10.0. The summed E-state index contributed by atoms with van der Waals surface area (Å²) >= 11 is 0. The molecule has 1 N–H and O–H groups in total. The van der Waals surface area contributed by atoms with Crippen molar-refractivity contribution in [2.75, 3.05) is 6.61 Å². The van der Waals surface area contributed by atoms with Gasteiger partial charge in [-0.05, 0) is 29.3 Å². The highest BCUT2D eigenvalue weighted by Gasteiger charge is 2.22. The van der Waals surface area contributed by atoms with Crippen LogP contribution in [0.3, 0.4) is 0 Å². The molecule has 2 aromatic heterocycles. The maximum Gasteiger partial charge on any atom is 0.104 e. The molecule has 0 bridgehead atoms. The van der Waals surface area contributed by atoms with Gasteiger partial charge < -0.3 is 9.84 Å². The summed E-state index contributed by atoms with van der Waals surface area (Å²) in [7, 11) is 0. The van der Waals surface area contributed by atoms with Gasteiger partial charge in [-0.3, -0.25) is 9.97 Å². The monoisotopic (exact) mass is 278 g/mol. The van der Waals surface area contributed by atoms with Crippen molar-refractivity contribution in [2.24, 2.45) is 0 Å². The first-order valence-electron chi connectivity index (χ1n) is 6.90. The van der Waals surface area contributed by atoms with E-state index >= 15 is 0 Å². The standard InChI is InChI=1S/C17H14N2O2/c20-17-10-21-9-15-13(7-18-8-14(15)17)11-3-4-16-12(6-11)2-1-5-19-16/h1-8,17,20H,9-10H2. The predicted molar refractivity (Wildman–Crippen MR) is 79.6 cm³/mol. The van der Waals surface area contributed by atoms with Crippen LogP contribution in [0.4, 0.5) is 0 Å². The lowest BCUT2D eigenvalue weighted by Gasteiger charge is -2.23. The Morgan fingerprint density at radius 1 is 1.19 bits per heavy atom. The average Bonchev–Trinajstić information content (AvgIpc) is 2.54. The van der Waals surface area contributed by atoms with Gasteiger partial charge in [-0.1, -0.05) is 12.1 Å². The number of benzene rings is 1. The fraction of sp³-hybridized carbons (Fsp3) is 0.176. The van der Waals surface area contributed by atoms with E-state index in [-0.39, 0.29) is 0 Å². The Bertz CT molecular complexity index is 817. The first-order chi connectivity index (χ1) is 10.3. The summed E-state index contributed by atoms with van der Waals surface area (Å²) in [5, 5.41) is 11.1. The van der Waals surface area contributed by atoms with Crippen molar-refractivity contribution in [2.45, 2.75) is 12.7 Å². The van der Waals surface area contributed by atoms with Crippen molar-refractivity contribution >= 4 is 10.9 Å². The highest BCUT2D eigenvalue weighted by Crippen LogP contribution is 2.33. The first kappa shape index (κ1) is 12.4. The summed E-state index contributed by atoms with van der Waals surface area (Å²) < 4.78 is 5.47. The normalized spacial score (nSPS) is 17.7. The van der Waals surface area contributed by atoms with Crippen molar-refractivity contribution < 1.29 is 9.84 Å². The molecule has 0 spiro atoms. The summed E-state index contributed by atoms with van der Waals surface area (Å²) in [6.45, 7) is 0.842. The van der Waals surface area contributed by atoms with Gasteiger partial charge in [0.2, 0.25) is 0 Å². The topological polar surface area (TPSA) is 55.2 Å². The summed E-state index contributed by atoms with van der Waals surface area (Å²) in [4.78, 5) is 8.61. The number of ether oxygens (including phenoxy) is 1. The van der Waals surface area contributed by atoms with Crippen molar-refractivity contribution in [3.63, 3.8) is 0 Å². The molecule has 0 fully saturated rings. The van der Waals surface area contributed by atoms with E-state index in [1.807, 2.05) is 30.5 Å². The fourth-order valence-corrected chi connectivity index (χ4v) is 2.81. The molecular formula is C17H14N2O2. The van der Waals surface area contributed by atoms with Gasteiger partial charge in [-0.25, -0.2) is 0 Å². The number of aliphatic hydroxyl groups excluding tert-OH is 1. The molecule has 0 saturated heterocycles. The lowest BCUT2D eigenvalue weighted by Crippen LogP contribution is -2.17. The van der Waals surface area contributed by atoms with Gasteiger partial charge in [0.15, 0.2) is 0 Å². The van der Waals surface area contributed by atoms with Gasteiger partial charge in [-0.2, -0.15) is 0 Å². The quantitative estimate of drug-likeness (QED) is 0.743. The van der Waals surface area contributed by atoms with Crippen molar-refractivity contribution in [1.82, 2.24) is 9.97 Å². The van der Waals surface area contributed by atoms with Crippen molar-refractivity contribution in [3.8, 4) is 11.1 Å². The third-order valence-corrected chi connectivity index (χ3v) is 3.89. The van der Waals surface area contributed by atoms with E-state index in [9.17, 15) is 5.11 Å². The van der Waals surface area contributed by atoms with Crippen LogP contribution in [0.1, 0.15) is 17.2 Å². The molecule has 1 aromatic carbocycles. The molecule has 0 amide bonds. The molecule has 1 atom stereocenters. The molecule has 3 aromatic rings. The van der Waals surface area contributed by atoms with Crippen LogP contribution in [0.5, 0.6) is 0 Å². The highest BCUT2D eigenvalue weighted by atomic mass is 16.5. The second-order valence-corrected chi connectivity index (χ2v) is 5.20. The number of nitrogens with zero attached hydrogens (tertiary/aromatic N) is 2. The van der Waals surface area contributed by atoms with Crippen molar-refractivity contribution in [1.29, 1.82) is 0 Å². The number of rotatable bonds is 1. The van der Waals surface area contributed by atoms with Gasteiger partial charge >= 0.3 is 0 Å². The van der Waals surface area contributed by atoms with Gasteiger partial charge in [0.05, 0.1) is 18.7 Å². The molecular weight excluding hydrogens is 264 g/mol. The van der Waals surface area contributed by atoms with Crippen molar-refractivity contribution in [3.05, 3.63) is 60.0 Å². The van der Waals surface area contributed by atoms with Crippen LogP contribution in [0.15, 0.2) is 48.9 Å². The zero-order valence-corrected chi connectivity index (χ0v) is 11.4. The number of hydrogen-bond donors (Lipinski definition) is 1. The van der Waals surface area contributed by atoms with Gasteiger partial charge in [0.1, 0.15) is 6.10 Å². The van der Waals surface area contributed by atoms with E-state index in [4.69, 9.17) is 4.74 Å². The minimum Gasteiger partial charge on any atom is -0.386 e. The van der Waals surface area contributed by atoms with Crippen LogP contribution in [0.2, 0.25) is 0 Å². The van der Waals surface area contributed by atoms with Crippen LogP contribution in [-0.2, 0) is 11.3 Å². The molecule has 1 aliphatic rings. The van der Waals surface area contributed by atoms with E-state index in [0.29, 0.717) is 13.2 Å². The first-order valence-corrected chi connectivity index (χ1v) is 6.90.